The molecular weight excluding hydrogens is 260 g/mol. The van der Waals surface area contributed by atoms with Crippen LogP contribution in [0.3, 0.4) is 0 Å². The maximum absolute atomic E-state index is 12.5. The summed E-state index contributed by atoms with van der Waals surface area (Å²) in [4.78, 5) is 16.9. The normalized spacial score (nSPS) is 12.8. The van der Waals surface area contributed by atoms with Crippen LogP contribution < -0.4 is 5.32 Å². The van der Waals surface area contributed by atoms with Gasteiger partial charge in [0, 0.05) is 12.7 Å². The van der Waals surface area contributed by atoms with E-state index >= 15 is 0 Å². The average Bonchev–Trinajstić information content (AvgIpc) is 2.54. The fraction of sp³-hybridized carbons (Fsp3) is 0.222. The molecule has 0 saturated heterocycles. The number of aliphatic imine (C=N–C) groups is 1. The molecule has 0 aliphatic rings. The molecule has 2 aromatic carbocycles. The van der Waals surface area contributed by atoms with Gasteiger partial charge in [0.05, 0.1) is 11.6 Å². The van der Waals surface area contributed by atoms with E-state index in [0.29, 0.717) is 6.42 Å². The SMILES string of the molecule is CCC(C(=O)Nc1ccccc1)C(=NC)c1ccccc1. The molecule has 0 aliphatic heterocycles. The standard InChI is InChI=1S/C18H20N2O/c1-3-16(17(19-2)14-10-6-4-7-11-14)18(21)20-15-12-8-5-9-13-15/h4-13,16H,3H2,1-2H3,(H,20,21). The maximum Gasteiger partial charge on any atom is 0.233 e. The third-order valence-electron chi connectivity index (χ3n) is 3.41. The van der Waals surface area contributed by atoms with Crippen molar-refractivity contribution in [2.45, 2.75) is 13.3 Å². The van der Waals surface area contributed by atoms with Crippen molar-refractivity contribution in [3.8, 4) is 0 Å². The van der Waals surface area contributed by atoms with E-state index in [1.165, 1.54) is 0 Å². The van der Waals surface area contributed by atoms with Crippen LogP contribution in [0.5, 0.6) is 0 Å². The van der Waals surface area contributed by atoms with Crippen LogP contribution >= 0.6 is 0 Å². The average molecular weight is 280 g/mol. The lowest BCUT2D eigenvalue weighted by Crippen LogP contribution is -2.30. The van der Waals surface area contributed by atoms with Crippen molar-refractivity contribution in [3.05, 3.63) is 66.2 Å². The first-order valence-corrected chi connectivity index (χ1v) is 7.14. The van der Waals surface area contributed by atoms with Gasteiger partial charge in [0.2, 0.25) is 5.91 Å². The molecule has 1 N–H and O–H groups in total. The second-order valence-electron chi connectivity index (χ2n) is 4.79. The molecule has 0 fully saturated rings. The molecule has 0 bridgehead atoms. The number of carbonyl (C=O) groups excluding carboxylic acids is 1. The topological polar surface area (TPSA) is 41.5 Å². The minimum atomic E-state index is -0.252. The summed E-state index contributed by atoms with van der Waals surface area (Å²) in [7, 11) is 1.74. The number of benzene rings is 2. The Labute approximate surface area is 125 Å². The van der Waals surface area contributed by atoms with E-state index in [-0.39, 0.29) is 11.8 Å². The van der Waals surface area contributed by atoms with Crippen molar-refractivity contribution in [1.82, 2.24) is 0 Å². The van der Waals surface area contributed by atoms with Crippen molar-refractivity contribution < 1.29 is 4.79 Å². The molecule has 1 amide bonds. The molecule has 0 heterocycles. The Bertz CT molecular complexity index is 606. The highest BCUT2D eigenvalue weighted by molar-refractivity contribution is 6.16. The summed E-state index contributed by atoms with van der Waals surface area (Å²) >= 11 is 0. The van der Waals surface area contributed by atoms with Gasteiger partial charge in [0.15, 0.2) is 0 Å². The molecule has 0 aromatic heterocycles. The maximum atomic E-state index is 12.5. The number of nitrogens with one attached hydrogen (secondary N) is 1. The van der Waals surface area contributed by atoms with Gasteiger partial charge in [-0.2, -0.15) is 0 Å². The van der Waals surface area contributed by atoms with E-state index in [1.807, 2.05) is 67.6 Å². The van der Waals surface area contributed by atoms with Crippen LogP contribution in [-0.4, -0.2) is 18.7 Å². The van der Waals surface area contributed by atoms with Gasteiger partial charge < -0.3 is 5.32 Å². The minimum absolute atomic E-state index is 0.0202. The Morgan fingerprint density at radius 2 is 1.62 bits per heavy atom. The summed E-state index contributed by atoms with van der Waals surface area (Å²) in [5.41, 5.74) is 2.63. The molecule has 21 heavy (non-hydrogen) atoms. The van der Waals surface area contributed by atoms with E-state index < -0.39 is 0 Å². The van der Waals surface area contributed by atoms with Gasteiger partial charge in [-0.15, -0.1) is 0 Å². The lowest BCUT2D eigenvalue weighted by atomic mass is 9.93. The highest BCUT2D eigenvalue weighted by Crippen LogP contribution is 2.16. The molecule has 3 heteroatoms. The zero-order chi connectivity index (χ0) is 15.1. The summed E-state index contributed by atoms with van der Waals surface area (Å²) < 4.78 is 0. The van der Waals surface area contributed by atoms with Crippen LogP contribution in [0.1, 0.15) is 18.9 Å². The molecular formula is C18H20N2O. The molecule has 3 nitrogen and oxygen atoms in total. The number of hydrogen-bond acceptors (Lipinski definition) is 2. The number of nitrogens with zero attached hydrogens (tertiary/aromatic N) is 1. The number of anilines is 1. The highest BCUT2D eigenvalue weighted by atomic mass is 16.1. The van der Waals surface area contributed by atoms with Crippen molar-refractivity contribution in [1.29, 1.82) is 0 Å². The van der Waals surface area contributed by atoms with Crippen LogP contribution in [0.15, 0.2) is 65.7 Å². The van der Waals surface area contributed by atoms with Crippen molar-refractivity contribution in [2.24, 2.45) is 10.9 Å². The highest BCUT2D eigenvalue weighted by Gasteiger charge is 2.23. The van der Waals surface area contributed by atoms with Crippen LogP contribution in [-0.2, 0) is 4.79 Å². The van der Waals surface area contributed by atoms with Gasteiger partial charge in [-0.05, 0) is 24.1 Å². The Balaban J connectivity index is 2.20. The fourth-order valence-electron chi connectivity index (χ4n) is 2.35. The first-order chi connectivity index (χ1) is 10.3. The van der Waals surface area contributed by atoms with Crippen molar-refractivity contribution in [2.75, 3.05) is 12.4 Å². The molecule has 0 saturated carbocycles. The van der Waals surface area contributed by atoms with E-state index in [2.05, 4.69) is 10.3 Å². The summed E-state index contributed by atoms with van der Waals surface area (Å²) in [6, 6.07) is 19.4. The summed E-state index contributed by atoms with van der Waals surface area (Å²) in [5.74, 6) is -0.272. The van der Waals surface area contributed by atoms with Crippen LogP contribution in [0, 0.1) is 5.92 Å². The van der Waals surface area contributed by atoms with E-state index in [9.17, 15) is 4.79 Å². The number of amides is 1. The Kier molecular flexibility index (Phi) is 5.27. The zero-order valence-corrected chi connectivity index (χ0v) is 12.4. The van der Waals surface area contributed by atoms with Crippen molar-refractivity contribution in [3.63, 3.8) is 0 Å². The van der Waals surface area contributed by atoms with Crippen LogP contribution in [0.2, 0.25) is 0 Å². The molecule has 1 unspecified atom stereocenters. The van der Waals surface area contributed by atoms with Gasteiger partial charge >= 0.3 is 0 Å². The first-order valence-electron chi connectivity index (χ1n) is 7.14. The predicted molar refractivity (Wildman–Crippen MR) is 87.8 cm³/mol. The van der Waals surface area contributed by atoms with E-state index in [0.717, 1.165) is 17.0 Å². The molecule has 2 rings (SSSR count). The fourth-order valence-corrected chi connectivity index (χ4v) is 2.35. The van der Waals surface area contributed by atoms with Crippen LogP contribution in [0.25, 0.3) is 0 Å². The molecule has 0 aliphatic carbocycles. The van der Waals surface area contributed by atoms with Crippen molar-refractivity contribution >= 4 is 17.3 Å². The molecule has 108 valence electrons. The largest absolute Gasteiger partial charge is 0.326 e. The van der Waals surface area contributed by atoms with Gasteiger partial charge in [-0.1, -0.05) is 55.5 Å². The zero-order valence-electron chi connectivity index (χ0n) is 12.4. The number of carbonyl (C=O) groups is 1. The number of para-hydroxylation sites is 1. The smallest absolute Gasteiger partial charge is 0.233 e. The molecule has 2 aromatic rings. The predicted octanol–water partition coefficient (Wildman–Crippen LogP) is 3.77. The first kappa shape index (κ1) is 15.0. The lowest BCUT2D eigenvalue weighted by Gasteiger charge is -2.17. The second kappa shape index (κ2) is 7.39. The van der Waals surface area contributed by atoms with Crippen LogP contribution in [0.4, 0.5) is 5.69 Å². The summed E-state index contributed by atoms with van der Waals surface area (Å²) in [6.45, 7) is 2.00. The number of rotatable bonds is 5. The van der Waals surface area contributed by atoms with E-state index in [1.54, 1.807) is 7.05 Å². The Hall–Kier alpha value is -2.42. The summed E-state index contributed by atoms with van der Waals surface area (Å²) in [5, 5.41) is 2.96. The molecule has 1 atom stereocenters. The van der Waals surface area contributed by atoms with Gasteiger partial charge in [-0.3, -0.25) is 9.79 Å². The lowest BCUT2D eigenvalue weighted by molar-refractivity contribution is -0.118. The number of hydrogen-bond donors (Lipinski definition) is 1. The third-order valence-corrected chi connectivity index (χ3v) is 3.41. The quantitative estimate of drug-likeness (QED) is 0.832. The minimum Gasteiger partial charge on any atom is -0.326 e. The summed E-state index contributed by atoms with van der Waals surface area (Å²) in [6.07, 6.45) is 0.709. The van der Waals surface area contributed by atoms with Gasteiger partial charge in [0.25, 0.3) is 0 Å². The Morgan fingerprint density at radius 3 is 2.14 bits per heavy atom. The third kappa shape index (κ3) is 3.78. The van der Waals surface area contributed by atoms with E-state index in [4.69, 9.17) is 0 Å². The second-order valence-corrected chi connectivity index (χ2v) is 4.79. The molecule has 0 spiro atoms. The van der Waals surface area contributed by atoms with Gasteiger partial charge in [-0.25, -0.2) is 0 Å². The monoisotopic (exact) mass is 280 g/mol. The molecule has 0 radical (unpaired) electrons. The Morgan fingerprint density at radius 1 is 1.05 bits per heavy atom. The van der Waals surface area contributed by atoms with Gasteiger partial charge in [0.1, 0.15) is 0 Å².